The van der Waals surface area contributed by atoms with Gasteiger partial charge in [-0.3, -0.25) is 4.79 Å². The first kappa shape index (κ1) is 17.1. The third-order valence-corrected chi connectivity index (χ3v) is 3.95. The van der Waals surface area contributed by atoms with Crippen LogP contribution in [-0.2, 0) is 13.2 Å². The maximum Gasteiger partial charge on any atom is 0.255 e. The second-order valence-electron chi connectivity index (χ2n) is 5.58. The van der Waals surface area contributed by atoms with Gasteiger partial charge >= 0.3 is 0 Å². The molecule has 0 bridgehead atoms. The van der Waals surface area contributed by atoms with Crippen molar-refractivity contribution in [3.8, 4) is 5.75 Å². The van der Waals surface area contributed by atoms with Crippen molar-refractivity contribution in [3.05, 3.63) is 101 Å². The van der Waals surface area contributed by atoms with Crippen LogP contribution in [0.1, 0.15) is 21.5 Å². The number of rotatable bonds is 6. The first-order chi connectivity index (χ1) is 12.2. The van der Waals surface area contributed by atoms with Crippen LogP contribution >= 0.6 is 11.6 Å². The average molecular weight is 352 g/mol. The fourth-order valence-electron chi connectivity index (χ4n) is 2.41. The van der Waals surface area contributed by atoms with Gasteiger partial charge in [-0.25, -0.2) is 0 Å². The van der Waals surface area contributed by atoms with Crippen LogP contribution in [0.3, 0.4) is 0 Å². The summed E-state index contributed by atoms with van der Waals surface area (Å²) in [6.07, 6.45) is 0. The Bertz CT molecular complexity index is 835. The summed E-state index contributed by atoms with van der Waals surface area (Å²) < 4.78 is 5.83. The Morgan fingerprint density at radius 2 is 1.52 bits per heavy atom. The van der Waals surface area contributed by atoms with Gasteiger partial charge in [0.25, 0.3) is 5.91 Å². The summed E-state index contributed by atoms with van der Waals surface area (Å²) in [4.78, 5) is 12.6. The van der Waals surface area contributed by atoms with Gasteiger partial charge in [0.05, 0.1) is 5.56 Å². The number of amides is 1. The van der Waals surface area contributed by atoms with Crippen LogP contribution in [0.4, 0.5) is 0 Å². The quantitative estimate of drug-likeness (QED) is 0.689. The molecule has 1 amide bonds. The number of hydrogen-bond acceptors (Lipinski definition) is 2. The third kappa shape index (κ3) is 4.85. The van der Waals surface area contributed by atoms with Gasteiger partial charge in [-0.15, -0.1) is 0 Å². The SMILES string of the molecule is O=C(NCc1ccccc1)c1cc(Cl)ccc1OCc1ccccc1. The highest BCUT2D eigenvalue weighted by molar-refractivity contribution is 6.31. The predicted molar refractivity (Wildman–Crippen MR) is 99.8 cm³/mol. The molecule has 0 saturated carbocycles. The van der Waals surface area contributed by atoms with Gasteiger partial charge in [-0.1, -0.05) is 72.3 Å². The molecule has 1 N–H and O–H groups in total. The van der Waals surface area contributed by atoms with Gasteiger partial charge < -0.3 is 10.1 Å². The van der Waals surface area contributed by atoms with Crippen LogP contribution in [0.15, 0.2) is 78.9 Å². The van der Waals surface area contributed by atoms with Crippen molar-refractivity contribution in [1.29, 1.82) is 0 Å². The van der Waals surface area contributed by atoms with E-state index in [1.54, 1.807) is 18.2 Å². The van der Waals surface area contributed by atoms with Crippen molar-refractivity contribution in [2.75, 3.05) is 0 Å². The Kier molecular flexibility index (Phi) is 5.70. The number of hydrogen-bond donors (Lipinski definition) is 1. The number of nitrogens with one attached hydrogen (secondary N) is 1. The Balaban J connectivity index is 1.70. The maximum atomic E-state index is 12.6. The lowest BCUT2D eigenvalue weighted by atomic mass is 10.1. The highest BCUT2D eigenvalue weighted by atomic mass is 35.5. The first-order valence-electron chi connectivity index (χ1n) is 8.01. The Hall–Kier alpha value is -2.78. The minimum absolute atomic E-state index is 0.214. The first-order valence-corrected chi connectivity index (χ1v) is 8.38. The van der Waals surface area contributed by atoms with Gasteiger partial charge in [0.15, 0.2) is 0 Å². The highest BCUT2D eigenvalue weighted by Gasteiger charge is 2.13. The molecule has 0 aliphatic rings. The molecule has 3 nitrogen and oxygen atoms in total. The normalized spacial score (nSPS) is 10.3. The van der Waals surface area contributed by atoms with E-state index >= 15 is 0 Å². The highest BCUT2D eigenvalue weighted by Crippen LogP contribution is 2.24. The summed E-state index contributed by atoms with van der Waals surface area (Å²) in [6, 6.07) is 24.6. The molecule has 3 aromatic carbocycles. The van der Waals surface area contributed by atoms with Gasteiger partial charge in [0.1, 0.15) is 12.4 Å². The van der Waals surface area contributed by atoms with E-state index in [0.29, 0.717) is 29.5 Å². The summed E-state index contributed by atoms with van der Waals surface area (Å²) in [6.45, 7) is 0.839. The number of ether oxygens (including phenoxy) is 1. The summed E-state index contributed by atoms with van der Waals surface area (Å²) >= 11 is 6.06. The number of benzene rings is 3. The largest absolute Gasteiger partial charge is 0.488 e. The number of carbonyl (C=O) groups is 1. The summed E-state index contributed by atoms with van der Waals surface area (Å²) in [5, 5.41) is 3.40. The van der Waals surface area contributed by atoms with Crippen LogP contribution in [0.5, 0.6) is 5.75 Å². The zero-order valence-corrected chi connectivity index (χ0v) is 14.4. The van der Waals surface area contributed by atoms with Gasteiger partial charge in [-0.2, -0.15) is 0 Å². The van der Waals surface area contributed by atoms with E-state index in [-0.39, 0.29) is 5.91 Å². The van der Waals surface area contributed by atoms with E-state index in [0.717, 1.165) is 11.1 Å². The van der Waals surface area contributed by atoms with E-state index in [2.05, 4.69) is 5.32 Å². The topological polar surface area (TPSA) is 38.3 Å². The van der Waals surface area contributed by atoms with Crippen molar-refractivity contribution in [2.45, 2.75) is 13.2 Å². The van der Waals surface area contributed by atoms with Crippen LogP contribution in [0.2, 0.25) is 5.02 Å². The second kappa shape index (κ2) is 8.36. The van der Waals surface area contributed by atoms with Gasteiger partial charge in [0, 0.05) is 11.6 Å². The Morgan fingerprint density at radius 1 is 0.880 bits per heavy atom. The van der Waals surface area contributed by atoms with Crippen molar-refractivity contribution in [3.63, 3.8) is 0 Å². The zero-order valence-electron chi connectivity index (χ0n) is 13.6. The molecule has 3 rings (SSSR count). The molecule has 0 atom stereocenters. The van der Waals surface area contributed by atoms with E-state index in [1.165, 1.54) is 0 Å². The van der Waals surface area contributed by atoms with E-state index < -0.39 is 0 Å². The number of halogens is 1. The molecule has 126 valence electrons. The minimum atomic E-state index is -0.214. The Labute approximate surface area is 152 Å². The molecule has 0 unspecified atom stereocenters. The van der Waals surface area contributed by atoms with E-state index in [9.17, 15) is 4.79 Å². The number of carbonyl (C=O) groups excluding carboxylic acids is 1. The third-order valence-electron chi connectivity index (χ3n) is 3.72. The lowest BCUT2D eigenvalue weighted by Crippen LogP contribution is -2.23. The van der Waals surface area contributed by atoms with Crippen molar-refractivity contribution < 1.29 is 9.53 Å². The molecule has 0 aromatic heterocycles. The molecule has 4 heteroatoms. The van der Waals surface area contributed by atoms with Crippen LogP contribution in [0.25, 0.3) is 0 Å². The molecule has 25 heavy (non-hydrogen) atoms. The molecule has 0 aliphatic carbocycles. The Morgan fingerprint density at radius 3 is 2.20 bits per heavy atom. The molecule has 0 aliphatic heterocycles. The van der Waals surface area contributed by atoms with Crippen LogP contribution < -0.4 is 10.1 Å². The summed E-state index contributed by atoms with van der Waals surface area (Å²) in [7, 11) is 0. The molecular weight excluding hydrogens is 334 g/mol. The van der Waals surface area contributed by atoms with Gasteiger partial charge in [-0.05, 0) is 29.3 Å². The molecule has 0 saturated heterocycles. The van der Waals surface area contributed by atoms with Crippen molar-refractivity contribution >= 4 is 17.5 Å². The smallest absolute Gasteiger partial charge is 0.255 e. The van der Waals surface area contributed by atoms with E-state index in [1.807, 2.05) is 60.7 Å². The fraction of sp³-hybridized carbons (Fsp3) is 0.0952. The molecule has 0 radical (unpaired) electrons. The van der Waals surface area contributed by atoms with E-state index in [4.69, 9.17) is 16.3 Å². The average Bonchev–Trinajstić information content (AvgIpc) is 2.66. The van der Waals surface area contributed by atoms with Gasteiger partial charge in [0.2, 0.25) is 0 Å². The summed E-state index contributed by atoms with van der Waals surface area (Å²) in [5.41, 5.74) is 2.50. The maximum absolute atomic E-state index is 12.6. The molecule has 0 spiro atoms. The van der Waals surface area contributed by atoms with Crippen molar-refractivity contribution in [2.24, 2.45) is 0 Å². The molecule has 3 aromatic rings. The summed E-state index contributed by atoms with van der Waals surface area (Å²) in [5.74, 6) is 0.299. The lowest BCUT2D eigenvalue weighted by Gasteiger charge is -2.12. The fourth-order valence-corrected chi connectivity index (χ4v) is 2.59. The van der Waals surface area contributed by atoms with Crippen LogP contribution in [-0.4, -0.2) is 5.91 Å². The molecule has 0 fully saturated rings. The standard InChI is InChI=1S/C21H18ClNO2/c22-18-11-12-20(25-15-17-9-5-2-6-10-17)19(13-18)21(24)23-14-16-7-3-1-4-8-16/h1-13H,14-15H2,(H,23,24). The van der Waals surface area contributed by atoms with Crippen molar-refractivity contribution in [1.82, 2.24) is 5.32 Å². The van der Waals surface area contributed by atoms with Crippen LogP contribution in [0, 0.1) is 0 Å². The predicted octanol–water partition coefficient (Wildman–Crippen LogP) is 4.85. The lowest BCUT2D eigenvalue weighted by molar-refractivity contribution is 0.0946. The molecule has 0 heterocycles. The molecular formula is C21H18ClNO2. The zero-order chi connectivity index (χ0) is 17.5. The minimum Gasteiger partial charge on any atom is -0.488 e. The monoisotopic (exact) mass is 351 g/mol. The second-order valence-corrected chi connectivity index (χ2v) is 6.02.